The summed E-state index contributed by atoms with van der Waals surface area (Å²) in [4.78, 5) is 26.2. The highest BCUT2D eigenvalue weighted by Gasteiger charge is 2.51. The van der Waals surface area contributed by atoms with Gasteiger partial charge in [0.1, 0.15) is 6.07 Å². The van der Waals surface area contributed by atoms with Gasteiger partial charge in [0.15, 0.2) is 8.32 Å². The number of carbonyl (C=O) groups excluding carboxylic acids is 2. The Balaban J connectivity index is 2.68. The first kappa shape index (κ1) is 23.0. The van der Waals surface area contributed by atoms with E-state index in [2.05, 4.69) is 6.07 Å². The first-order chi connectivity index (χ1) is 13.5. The standard InChI is InChI=1S/C22H27NO4SSi/c1-7-26-20(25)16-10-8-11-17(14-16)22(15-23,19(24)18-12-9-13-28-18)27-29(5,6)21(2,3)4/h8-14H,7H2,1-6H3. The molecule has 0 radical (unpaired) electrons. The molecule has 0 spiro atoms. The fraction of sp³-hybridized carbons (Fsp3) is 0.409. The van der Waals surface area contributed by atoms with Gasteiger partial charge >= 0.3 is 5.97 Å². The summed E-state index contributed by atoms with van der Waals surface area (Å²) in [5.74, 6) is -0.919. The number of carbonyl (C=O) groups is 2. The van der Waals surface area contributed by atoms with Crippen LogP contribution in [-0.2, 0) is 14.8 Å². The molecule has 0 N–H and O–H groups in total. The zero-order valence-corrected chi connectivity index (χ0v) is 19.6. The Morgan fingerprint density at radius 1 is 1.17 bits per heavy atom. The van der Waals surface area contributed by atoms with Gasteiger partial charge in [-0.3, -0.25) is 4.79 Å². The van der Waals surface area contributed by atoms with Crippen molar-refractivity contribution < 1.29 is 18.8 Å². The molecule has 0 saturated heterocycles. The summed E-state index contributed by atoms with van der Waals surface area (Å²) in [6, 6.07) is 12.0. The highest BCUT2D eigenvalue weighted by Crippen LogP contribution is 2.43. The van der Waals surface area contributed by atoms with E-state index in [1.54, 1.807) is 42.6 Å². The number of Topliss-reactive ketones (excluding diaryl/α,β-unsaturated/α-hetero) is 1. The van der Waals surface area contributed by atoms with Crippen LogP contribution in [0, 0.1) is 11.3 Å². The Hall–Kier alpha value is -2.27. The molecule has 0 amide bonds. The van der Waals surface area contributed by atoms with E-state index in [4.69, 9.17) is 9.16 Å². The van der Waals surface area contributed by atoms with Gasteiger partial charge in [0, 0.05) is 5.56 Å². The Kier molecular flexibility index (Phi) is 6.84. The lowest BCUT2D eigenvalue weighted by atomic mass is 9.89. The molecule has 29 heavy (non-hydrogen) atoms. The second-order valence-corrected chi connectivity index (χ2v) is 13.9. The topological polar surface area (TPSA) is 76.4 Å². The van der Waals surface area contributed by atoms with E-state index in [1.807, 2.05) is 33.9 Å². The van der Waals surface area contributed by atoms with Crippen LogP contribution in [0.5, 0.6) is 0 Å². The number of nitrogens with zero attached hydrogens (tertiary/aromatic N) is 1. The van der Waals surface area contributed by atoms with Crippen LogP contribution in [0.15, 0.2) is 41.8 Å². The van der Waals surface area contributed by atoms with E-state index in [0.29, 0.717) is 10.4 Å². The molecule has 0 fully saturated rings. The third-order valence-corrected chi connectivity index (χ3v) is 10.5. The minimum atomic E-state index is -2.53. The first-order valence-corrected chi connectivity index (χ1v) is 13.2. The average Bonchev–Trinajstić information content (AvgIpc) is 3.19. The van der Waals surface area contributed by atoms with Crippen molar-refractivity contribution >= 4 is 31.4 Å². The maximum absolute atomic E-state index is 13.5. The van der Waals surface area contributed by atoms with Crippen LogP contribution in [0.1, 0.15) is 53.3 Å². The maximum atomic E-state index is 13.5. The van der Waals surface area contributed by atoms with E-state index in [1.165, 1.54) is 17.4 Å². The van der Waals surface area contributed by atoms with Crippen LogP contribution in [0.2, 0.25) is 18.1 Å². The van der Waals surface area contributed by atoms with Gasteiger partial charge in [0.25, 0.3) is 0 Å². The number of ketones is 1. The van der Waals surface area contributed by atoms with Gasteiger partial charge in [0.05, 0.1) is 17.0 Å². The van der Waals surface area contributed by atoms with Crippen molar-refractivity contribution in [1.29, 1.82) is 5.26 Å². The lowest BCUT2D eigenvalue weighted by molar-refractivity contribution is 0.0520. The van der Waals surface area contributed by atoms with Gasteiger partial charge in [-0.25, -0.2) is 4.79 Å². The molecular formula is C22H27NO4SSi. The molecule has 1 aromatic carbocycles. The third-order valence-electron chi connectivity index (χ3n) is 5.22. The summed E-state index contributed by atoms with van der Waals surface area (Å²) >= 11 is 1.26. The molecule has 5 nitrogen and oxygen atoms in total. The number of esters is 1. The van der Waals surface area contributed by atoms with Gasteiger partial charge in [0.2, 0.25) is 11.4 Å². The Bertz CT molecular complexity index is 925. The van der Waals surface area contributed by atoms with Gasteiger partial charge < -0.3 is 9.16 Å². The lowest BCUT2D eigenvalue weighted by Gasteiger charge is -2.42. The molecular weight excluding hydrogens is 402 g/mol. The van der Waals surface area contributed by atoms with Crippen molar-refractivity contribution in [3.8, 4) is 6.07 Å². The number of ether oxygens (including phenoxy) is 1. The van der Waals surface area contributed by atoms with Crippen LogP contribution in [0.3, 0.4) is 0 Å². The normalized spacial score (nSPS) is 14.0. The first-order valence-electron chi connectivity index (χ1n) is 9.46. The highest BCUT2D eigenvalue weighted by atomic mass is 32.1. The molecule has 0 aliphatic heterocycles. The number of hydrogen-bond donors (Lipinski definition) is 0. The summed E-state index contributed by atoms with van der Waals surface area (Å²) < 4.78 is 11.6. The van der Waals surface area contributed by atoms with Crippen LogP contribution in [0.25, 0.3) is 0 Å². The summed E-state index contributed by atoms with van der Waals surface area (Å²) in [6.45, 7) is 12.1. The van der Waals surface area contributed by atoms with Crippen LogP contribution >= 0.6 is 11.3 Å². The molecule has 1 unspecified atom stereocenters. The van der Waals surface area contributed by atoms with Crippen LogP contribution < -0.4 is 0 Å². The van der Waals surface area contributed by atoms with Crippen molar-refractivity contribution in [2.75, 3.05) is 6.61 Å². The molecule has 2 aromatic rings. The molecule has 0 saturated carbocycles. The molecule has 7 heteroatoms. The smallest absolute Gasteiger partial charge is 0.338 e. The summed E-state index contributed by atoms with van der Waals surface area (Å²) in [5.41, 5.74) is -1.22. The highest BCUT2D eigenvalue weighted by molar-refractivity contribution is 7.12. The van der Waals surface area contributed by atoms with Gasteiger partial charge in [-0.05, 0) is 48.6 Å². The predicted molar refractivity (Wildman–Crippen MR) is 117 cm³/mol. The number of thiophene rings is 1. The van der Waals surface area contributed by atoms with Crippen molar-refractivity contribution in [1.82, 2.24) is 0 Å². The van der Waals surface area contributed by atoms with E-state index in [-0.39, 0.29) is 17.2 Å². The molecule has 0 bridgehead atoms. The second kappa shape index (κ2) is 8.62. The largest absolute Gasteiger partial charge is 0.462 e. The fourth-order valence-corrected chi connectivity index (χ4v) is 4.61. The Morgan fingerprint density at radius 3 is 2.38 bits per heavy atom. The van der Waals surface area contributed by atoms with Crippen molar-refractivity contribution in [3.63, 3.8) is 0 Å². The molecule has 1 heterocycles. The minimum absolute atomic E-state index is 0.219. The van der Waals surface area contributed by atoms with Gasteiger partial charge in [-0.1, -0.05) is 39.0 Å². The van der Waals surface area contributed by atoms with E-state index in [0.717, 1.165) is 0 Å². The van der Waals surface area contributed by atoms with Crippen molar-refractivity contribution in [3.05, 3.63) is 57.8 Å². The SMILES string of the molecule is CCOC(=O)c1cccc(C(C#N)(O[Si](C)(C)C(C)(C)C)C(=O)c2cccs2)c1. The molecule has 0 aliphatic carbocycles. The molecule has 154 valence electrons. The molecule has 1 atom stereocenters. The van der Waals surface area contributed by atoms with E-state index < -0.39 is 25.7 Å². The lowest BCUT2D eigenvalue weighted by Crippen LogP contribution is -2.51. The quantitative estimate of drug-likeness (QED) is 0.328. The van der Waals surface area contributed by atoms with E-state index >= 15 is 0 Å². The third kappa shape index (κ3) is 4.66. The summed E-state index contributed by atoms with van der Waals surface area (Å²) in [6.07, 6.45) is 0. The molecule has 0 aliphatic rings. The molecule has 1 aromatic heterocycles. The predicted octanol–water partition coefficient (Wildman–Crippen LogP) is 5.55. The number of nitriles is 1. The summed E-state index contributed by atoms with van der Waals surface area (Å²) in [7, 11) is -2.53. The zero-order chi connectivity index (χ0) is 21.9. The monoisotopic (exact) mass is 429 g/mol. The number of benzene rings is 1. The Morgan fingerprint density at radius 2 is 1.86 bits per heavy atom. The van der Waals surface area contributed by atoms with Crippen LogP contribution in [0.4, 0.5) is 0 Å². The average molecular weight is 430 g/mol. The number of hydrogen-bond acceptors (Lipinski definition) is 6. The zero-order valence-electron chi connectivity index (χ0n) is 17.7. The van der Waals surface area contributed by atoms with Gasteiger partial charge in [-0.2, -0.15) is 5.26 Å². The second-order valence-electron chi connectivity index (χ2n) is 8.26. The van der Waals surface area contributed by atoms with Crippen molar-refractivity contribution in [2.45, 2.75) is 51.4 Å². The summed E-state index contributed by atoms with van der Waals surface area (Å²) in [5, 5.41) is 11.8. The van der Waals surface area contributed by atoms with Crippen molar-refractivity contribution in [2.24, 2.45) is 0 Å². The van der Waals surface area contributed by atoms with Gasteiger partial charge in [-0.15, -0.1) is 11.3 Å². The maximum Gasteiger partial charge on any atom is 0.338 e. The molecule has 2 rings (SSSR count). The number of rotatable bonds is 7. The Labute approximate surface area is 177 Å². The minimum Gasteiger partial charge on any atom is -0.462 e. The van der Waals surface area contributed by atoms with E-state index in [9.17, 15) is 14.9 Å². The van der Waals surface area contributed by atoms with Crippen LogP contribution in [-0.4, -0.2) is 26.7 Å². The fourth-order valence-electron chi connectivity index (χ4n) is 2.57.